The third-order valence-electron chi connectivity index (χ3n) is 5.14. The van der Waals surface area contributed by atoms with E-state index >= 15 is 0 Å². The number of halogens is 4. The number of thiazole rings is 1. The van der Waals surface area contributed by atoms with Crippen molar-refractivity contribution in [1.29, 1.82) is 0 Å². The van der Waals surface area contributed by atoms with Crippen LogP contribution in [0.1, 0.15) is 29.8 Å². The van der Waals surface area contributed by atoms with Crippen LogP contribution in [0.4, 0.5) is 34.1 Å². The molecule has 1 saturated heterocycles. The predicted octanol–water partition coefficient (Wildman–Crippen LogP) is 4.28. The van der Waals surface area contributed by atoms with Gasteiger partial charge in [0.05, 0.1) is 18.3 Å². The molecule has 7 nitrogen and oxygen atoms in total. The Bertz CT molecular complexity index is 1140. The summed E-state index contributed by atoms with van der Waals surface area (Å²) in [5.41, 5.74) is 5.51. The molecule has 1 amide bonds. The first kappa shape index (κ1) is 22.1. The first-order valence-electron chi connectivity index (χ1n) is 9.83. The van der Waals surface area contributed by atoms with Crippen LogP contribution in [0.5, 0.6) is 0 Å². The number of benzene rings is 1. The Hall–Kier alpha value is -3.15. The standard InChI is InChI=1S/C20H20F4N6OS/c1-29-19(30-8-3-2-7-20(23,24)10-30)13(9-26-29)27-17(31)15-16(25)32-18(28-15)14-11(21)5-4-6-12(14)22/h4-6,9H,2-3,7-8,10,25H2,1H3,(H,27,31). The summed E-state index contributed by atoms with van der Waals surface area (Å²) in [7, 11) is 1.59. The van der Waals surface area contributed by atoms with Crippen LogP contribution < -0.4 is 16.0 Å². The molecule has 1 aliphatic rings. The number of rotatable bonds is 4. The number of amides is 1. The fraction of sp³-hybridized carbons (Fsp3) is 0.350. The number of anilines is 3. The van der Waals surface area contributed by atoms with Crippen LogP contribution in [-0.2, 0) is 7.05 Å². The summed E-state index contributed by atoms with van der Waals surface area (Å²) in [6, 6.07) is 3.37. The molecule has 0 spiro atoms. The normalized spacial score (nSPS) is 16.1. The zero-order chi connectivity index (χ0) is 23.0. The van der Waals surface area contributed by atoms with E-state index < -0.39 is 30.0 Å². The number of carbonyl (C=O) groups is 1. The minimum absolute atomic E-state index is 0.0353. The van der Waals surface area contributed by atoms with Gasteiger partial charge in [-0.3, -0.25) is 9.48 Å². The number of aromatic nitrogens is 3. The second-order valence-corrected chi connectivity index (χ2v) is 8.55. The van der Waals surface area contributed by atoms with Crippen LogP contribution >= 0.6 is 11.3 Å². The zero-order valence-electron chi connectivity index (χ0n) is 17.0. The molecular weight excluding hydrogens is 448 g/mol. The van der Waals surface area contributed by atoms with Crippen LogP contribution in [0, 0.1) is 11.6 Å². The van der Waals surface area contributed by atoms with E-state index in [0.29, 0.717) is 25.2 Å². The van der Waals surface area contributed by atoms with Crippen LogP contribution in [0.2, 0.25) is 0 Å². The molecule has 170 valence electrons. The van der Waals surface area contributed by atoms with E-state index in [1.54, 1.807) is 7.05 Å². The van der Waals surface area contributed by atoms with Crippen molar-refractivity contribution in [3.63, 3.8) is 0 Å². The van der Waals surface area contributed by atoms with E-state index in [9.17, 15) is 22.4 Å². The Labute approximate surface area is 184 Å². The lowest BCUT2D eigenvalue weighted by molar-refractivity contribution is 0.00330. The average molecular weight is 468 g/mol. The van der Waals surface area contributed by atoms with Crippen LogP contribution in [0.3, 0.4) is 0 Å². The predicted molar refractivity (Wildman–Crippen MR) is 114 cm³/mol. The number of hydrogen-bond donors (Lipinski definition) is 2. The van der Waals surface area contributed by atoms with Gasteiger partial charge in [0, 0.05) is 20.0 Å². The van der Waals surface area contributed by atoms with Gasteiger partial charge in [-0.05, 0) is 25.0 Å². The lowest BCUT2D eigenvalue weighted by atomic mass is 10.2. The number of carbonyl (C=O) groups excluding carboxylic acids is 1. The highest BCUT2D eigenvalue weighted by Gasteiger charge is 2.35. The summed E-state index contributed by atoms with van der Waals surface area (Å²) in [6.07, 6.45) is 2.11. The smallest absolute Gasteiger partial charge is 0.277 e. The molecular formula is C20H20F4N6OS. The van der Waals surface area contributed by atoms with E-state index in [1.165, 1.54) is 21.8 Å². The number of nitrogen functional groups attached to an aromatic ring is 1. The maximum absolute atomic E-state index is 14.1. The van der Waals surface area contributed by atoms with Crippen molar-refractivity contribution >= 4 is 33.8 Å². The van der Waals surface area contributed by atoms with Gasteiger partial charge in [0.15, 0.2) is 11.5 Å². The summed E-state index contributed by atoms with van der Waals surface area (Å²) in [5.74, 6) is -4.93. The fourth-order valence-electron chi connectivity index (χ4n) is 3.68. The van der Waals surface area contributed by atoms with Crippen molar-refractivity contribution in [2.75, 3.05) is 29.0 Å². The van der Waals surface area contributed by atoms with E-state index in [0.717, 1.165) is 23.5 Å². The number of nitrogens with zero attached hydrogens (tertiary/aromatic N) is 4. The molecule has 2 aromatic heterocycles. The zero-order valence-corrected chi connectivity index (χ0v) is 17.9. The highest BCUT2D eigenvalue weighted by molar-refractivity contribution is 7.19. The number of nitrogens with two attached hydrogens (primary N) is 1. The molecule has 0 bridgehead atoms. The van der Waals surface area contributed by atoms with Crippen LogP contribution in [0.25, 0.3) is 10.6 Å². The Balaban J connectivity index is 1.62. The second kappa shape index (κ2) is 8.41. The maximum atomic E-state index is 14.1. The highest BCUT2D eigenvalue weighted by atomic mass is 32.1. The lowest BCUT2D eigenvalue weighted by Gasteiger charge is -2.27. The molecule has 0 saturated carbocycles. The molecule has 0 unspecified atom stereocenters. The van der Waals surface area contributed by atoms with Crippen molar-refractivity contribution in [2.24, 2.45) is 7.05 Å². The number of aryl methyl sites for hydroxylation is 1. The number of alkyl halides is 2. The van der Waals surface area contributed by atoms with Crippen molar-refractivity contribution in [3.05, 3.63) is 41.7 Å². The minimum atomic E-state index is -2.86. The molecule has 4 rings (SSSR count). The molecule has 0 aliphatic carbocycles. The third-order valence-corrected chi connectivity index (χ3v) is 6.05. The molecule has 0 radical (unpaired) electrons. The highest BCUT2D eigenvalue weighted by Crippen LogP contribution is 2.35. The van der Waals surface area contributed by atoms with E-state index in [2.05, 4.69) is 15.4 Å². The topological polar surface area (TPSA) is 89.1 Å². The van der Waals surface area contributed by atoms with E-state index in [4.69, 9.17) is 5.73 Å². The maximum Gasteiger partial charge on any atom is 0.277 e. The third kappa shape index (κ3) is 4.27. The average Bonchev–Trinajstić information content (AvgIpc) is 3.20. The SMILES string of the molecule is Cn1ncc(NC(=O)c2nc(-c3c(F)cccc3F)sc2N)c1N1CCCCC(F)(F)C1. The Morgan fingerprint density at radius 2 is 1.97 bits per heavy atom. The quantitative estimate of drug-likeness (QED) is 0.558. The molecule has 1 fully saturated rings. The van der Waals surface area contributed by atoms with E-state index in [1.807, 2.05) is 0 Å². The van der Waals surface area contributed by atoms with Gasteiger partial charge in [0.1, 0.15) is 27.3 Å². The fourth-order valence-corrected chi connectivity index (χ4v) is 4.56. The monoisotopic (exact) mass is 468 g/mol. The molecule has 1 aliphatic heterocycles. The van der Waals surface area contributed by atoms with Crippen LogP contribution in [-0.4, -0.2) is 39.7 Å². The summed E-state index contributed by atoms with van der Waals surface area (Å²) < 4.78 is 57.9. The molecule has 3 heterocycles. The Morgan fingerprint density at radius 1 is 1.25 bits per heavy atom. The minimum Gasteiger partial charge on any atom is -0.389 e. The largest absolute Gasteiger partial charge is 0.389 e. The van der Waals surface area contributed by atoms with Gasteiger partial charge in [0.2, 0.25) is 0 Å². The van der Waals surface area contributed by atoms with Gasteiger partial charge in [-0.25, -0.2) is 22.5 Å². The number of nitrogens with one attached hydrogen (secondary N) is 1. The van der Waals surface area contributed by atoms with Crippen molar-refractivity contribution in [2.45, 2.75) is 25.2 Å². The summed E-state index contributed by atoms with van der Waals surface area (Å²) >= 11 is 0.770. The summed E-state index contributed by atoms with van der Waals surface area (Å²) in [4.78, 5) is 18.4. The van der Waals surface area contributed by atoms with E-state index in [-0.39, 0.29) is 33.4 Å². The first-order valence-corrected chi connectivity index (χ1v) is 10.6. The lowest BCUT2D eigenvalue weighted by Crippen LogP contribution is -2.36. The van der Waals surface area contributed by atoms with Gasteiger partial charge in [-0.1, -0.05) is 17.4 Å². The van der Waals surface area contributed by atoms with Crippen molar-refractivity contribution in [3.8, 4) is 10.6 Å². The van der Waals surface area contributed by atoms with Gasteiger partial charge in [-0.2, -0.15) is 5.10 Å². The summed E-state index contributed by atoms with van der Waals surface area (Å²) in [5, 5.41) is 6.56. The van der Waals surface area contributed by atoms with Gasteiger partial charge in [0.25, 0.3) is 11.8 Å². The van der Waals surface area contributed by atoms with Gasteiger partial charge in [-0.15, -0.1) is 0 Å². The molecule has 0 atom stereocenters. The second-order valence-electron chi connectivity index (χ2n) is 7.52. The molecule has 3 aromatic rings. The Kier molecular flexibility index (Phi) is 5.80. The molecule has 12 heteroatoms. The molecule has 32 heavy (non-hydrogen) atoms. The Morgan fingerprint density at radius 3 is 2.69 bits per heavy atom. The van der Waals surface area contributed by atoms with Crippen molar-refractivity contribution in [1.82, 2.24) is 14.8 Å². The number of hydrogen-bond acceptors (Lipinski definition) is 6. The summed E-state index contributed by atoms with van der Waals surface area (Å²) in [6.45, 7) is -0.113. The van der Waals surface area contributed by atoms with Crippen molar-refractivity contribution < 1.29 is 22.4 Å². The van der Waals surface area contributed by atoms with Crippen LogP contribution in [0.15, 0.2) is 24.4 Å². The molecule has 1 aromatic carbocycles. The first-order chi connectivity index (χ1) is 15.2. The molecule has 3 N–H and O–H groups in total. The van der Waals surface area contributed by atoms with Gasteiger partial charge >= 0.3 is 0 Å². The van der Waals surface area contributed by atoms with Gasteiger partial charge < -0.3 is 16.0 Å².